The third-order valence-corrected chi connectivity index (χ3v) is 5.27. The molecule has 4 rings (SSSR count). The van der Waals surface area contributed by atoms with E-state index in [9.17, 15) is 0 Å². The highest BCUT2D eigenvalue weighted by molar-refractivity contribution is 5.48. The predicted octanol–water partition coefficient (Wildman–Crippen LogP) is 3.30. The highest BCUT2D eigenvalue weighted by Crippen LogP contribution is 2.24. The SMILES string of the molecule is Cc1cc(C)n2ncc(CN(C)C[C@@H]3CCN(c4ccccc4)C3)c2n1. The van der Waals surface area contributed by atoms with Gasteiger partial charge >= 0.3 is 0 Å². The summed E-state index contributed by atoms with van der Waals surface area (Å²) in [6, 6.07) is 12.8. The minimum atomic E-state index is 0.707. The zero-order valence-corrected chi connectivity index (χ0v) is 15.9. The minimum Gasteiger partial charge on any atom is -0.371 e. The second-order valence-electron chi connectivity index (χ2n) is 7.58. The molecule has 5 heteroatoms. The molecule has 0 N–H and O–H groups in total. The molecule has 1 atom stereocenters. The van der Waals surface area contributed by atoms with Gasteiger partial charge in [0.1, 0.15) is 0 Å². The maximum absolute atomic E-state index is 4.70. The van der Waals surface area contributed by atoms with Crippen LogP contribution in [0.2, 0.25) is 0 Å². The number of hydrogen-bond acceptors (Lipinski definition) is 4. The van der Waals surface area contributed by atoms with Crippen LogP contribution in [0.3, 0.4) is 0 Å². The Morgan fingerprint density at radius 1 is 1.19 bits per heavy atom. The van der Waals surface area contributed by atoms with E-state index in [1.54, 1.807) is 0 Å². The fourth-order valence-corrected chi connectivity index (χ4v) is 4.08. The van der Waals surface area contributed by atoms with Gasteiger partial charge in [-0.25, -0.2) is 9.50 Å². The summed E-state index contributed by atoms with van der Waals surface area (Å²) in [4.78, 5) is 9.61. The first kappa shape index (κ1) is 17.0. The zero-order chi connectivity index (χ0) is 18.1. The number of hydrogen-bond donors (Lipinski definition) is 0. The van der Waals surface area contributed by atoms with Crippen molar-refractivity contribution in [2.75, 3.05) is 31.6 Å². The lowest BCUT2D eigenvalue weighted by Gasteiger charge is -2.22. The lowest BCUT2D eigenvalue weighted by atomic mass is 10.1. The van der Waals surface area contributed by atoms with Gasteiger partial charge in [-0.15, -0.1) is 0 Å². The lowest BCUT2D eigenvalue weighted by molar-refractivity contribution is 0.280. The van der Waals surface area contributed by atoms with Crippen LogP contribution in [-0.2, 0) is 6.54 Å². The van der Waals surface area contributed by atoms with Crippen LogP contribution in [0.25, 0.3) is 5.65 Å². The molecule has 0 unspecified atom stereocenters. The van der Waals surface area contributed by atoms with Crippen molar-refractivity contribution in [3.63, 3.8) is 0 Å². The second kappa shape index (κ2) is 7.08. The highest BCUT2D eigenvalue weighted by Gasteiger charge is 2.24. The number of fused-ring (bicyclic) bond motifs is 1. The Morgan fingerprint density at radius 3 is 2.81 bits per heavy atom. The first-order valence-electron chi connectivity index (χ1n) is 9.39. The fraction of sp³-hybridized carbons (Fsp3) is 0.429. The number of nitrogens with zero attached hydrogens (tertiary/aromatic N) is 5. The number of rotatable bonds is 5. The van der Waals surface area contributed by atoms with Crippen LogP contribution < -0.4 is 4.90 Å². The molecule has 1 aromatic carbocycles. The van der Waals surface area contributed by atoms with Gasteiger partial charge in [-0.05, 0) is 51.4 Å². The van der Waals surface area contributed by atoms with Crippen molar-refractivity contribution in [3.8, 4) is 0 Å². The third kappa shape index (κ3) is 3.44. The van der Waals surface area contributed by atoms with Crippen molar-refractivity contribution in [1.82, 2.24) is 19.5 Å². The van der Waals surface area contributed by atoms with Gasteiger partial charge < -0.3 is 9.80 Å². The van der Waals surface area contributed by atoms with E-state index in [0.29, 0.717) is 5.92 Å². The number of benzene rings is 1. The molecule has 0 bridgehead atoms. The summed E-state index contributed by atoms with van der Waals surface area (Å²) in [5.41, 5.74) is 5.73. The quantitative estimate of drug-likeness (QED) is 0.708. The smallest absolute Gasteiger partial charge is 0.159 e. The molecule has 26 heavy (non-hydrogen) atoms. The van der Waals surface area contributed by atoms with Crippen LogP contribution in [-0.4, -0.2) is 46.2 Å². The largest absolute Gasteiger partial charge is 0.371 e. The van der Waals surface area contributed by atoms with Crippen LogP contribution in [0.4, 0.5) is 5.69 Å². The second-order valence-corrected chi connectivity index (χ2v) is 7.58. The Balaban J connectivity index is 1.40. The minimum absolute atomic E-state index is 0.707. The molecule has 2 aromatic heterocycles. The van der Waals surface area contributed by atoms with Crippen molar-refractivity contribution in [1.29, 1.82) is 0 Å². The molecular weight excluding hydrogens is 322 g/mol. The van der Waals surface area contributed by atoms with E-state index in [1.165, 1.54) is 17.7 Å². The van der Waals surface area contributed by atoms with E-state index in [-0.39, 0.29) is 0 Å². The van der Waals surface area contributed by atoms with E-state index in [1.807, 2.05) is 17.6 Å². The highest BCUT2D eigenvalue weighted by atomic mass is 15.3. The molecule has 0 amide bonds. The van der Waals surface area contributed by atoms with Gasteiger partial charge in [0.2, 0.25) is 0 Å². The third-order valence-electron chi connectivity index (χ3n) is 5.27. The van der Waals surface area contributed by atoms with Gasteiger partial charge in [-0.1, -0.05) is 18.2 Å². The molecule has 1 aliphatic heterocycles. The molecule has 1 aliphatic rings. The van der Waals surface area contributed by atoms with Gasteiger partial charge in [0.15, 0.2) is 5.65 Å². The van der Waals surface area contributed by atoms with Gasteiger partial charge in [-0.3, -0.25) is 0 Å². The summed E-state index contributed by atoms with van der Waals surface area (Å²) in [6.07, 6.45) is 3.22. The van der Waals surface area contributed by atoms with Crippen molar-refractivity contribution < 1.29 is 0 Å². The average Bonchev–Trinajstić information content (AvgIpc) is 3.23. The maximum Gasteiger partial charge on any atom is 0.159 e. The first-order valence-corrected chi connectivity index (χ1v) is 9.39. The number of aromatic nitrogens is 3. The fourth-order valence-electron chi connectivity index (χ4n) is 4.08. The summed E-state index contributed by atoms with van der Waals surface area (Å²) >= 11 is 0. The van der Waals surface area contributed by atoms with Gasteiger partial charge in [-0.2, -0.15) is 5.10 Å². The average molecular weight is 349 g/mol. The molecule has 0 spiro atoms. The summed E-state index contributed by atoms with van der Waals surface area (Å²) in [7, 11) is 2.21. The molecule has 0 saturated carbocycles. The first-order chi connectivity index (χ1) is 12.6. The molecule has 3 aromatic rings. The van der Waals surface area contributed by atoms with Crippen LogP contribution in [0.15, 0.2) is 42.6 Å². The topological polar surface area (TPSA) is 36.7 Å². The van der Waals surface area contributed by atoms with Crippen molar-refractivity contribution in [2.24, 2.45) is 5.92 Å². The molecule has 0 aliphatic carbocycles. The van der Waals surface area contributed by atoms with Gasteiger partial charge in [0, 0.05) is 48.8 Å². The Hall–Kier alpha value is -2.40. The van der Waals surface area contributed by atoms with E-state index in [0.717, 1.165) is 43.2 Å². The predicted molar refractivity (Wildman–Crippen MR) is 106 cm³/mol. The molecule has 0 radical (unpaired) electrons. The number of aryl methyl sites for hydroxylation is 2. The van der Waals surface area contributed by atoms with E-state index >= 15 is 0 Å². The monoisotopic (exact) mass is 349 g/mol. The Bertz CT molecular complexity index is 886. The Morgan fingerprint density at radius 2 is 2.00 bits per heavy atom. The summed E-state index contributed by atoms with van der Waals surface area (Å²) in [5, 5.41) is 4.52. The Kier molecular flexibility index (Phi) is 4.64. The van der Waals surface area contributed by atoms with Crippen molar-refractivity contribution in [2.45, 2.75) is 26.8 Å². The maximum atomic E-state index is 4.70. The molecule has 136 valence electrons. The Labute approximate surface area is 155 Å². The molecular formula is C21H27N5. The summed E-state index contributed by atoms with van der Waals surface area (Å²) < 4.78 is 1.95. The lowest BCUT2D eigenvalue weighted by Crippen LogP contribution is -2.28. The van der Waals surface area contributed by atoms with E-state index < -0.39 is 0 Å². The van der Waals surface area contributed by atoms with Crippen molar-refractivity contribution >= 4 is 11.3 Å². The molecule has 1 fully saturated rings. The number of para-hydroxylation sites is 1. The van der Waals surface area contributed by atoms with E-state index in [4.69, 9.17) is 4.98 Å². The summed E-state index contributed by atoms with van der Waals surface area (Å²) in [5.74, 6) is 0.707. The van der Waals surface area contributed by atoms with Crippen LogP contribution >= 0.6 is 0 Å². The van der Waals surface area contributed by atoms with Crippen LogP contribution in [0.1, 0.15) is 23.4 Å². The van der Waals surface area contributed by atoms with E-state index in [2.05, 4.69) is 65.3 Å². The van der Waals surface area contributed by atoms with Gasteiger partial charge in [0.05, 0.1) is 6.20 Å². The standard InChI is InChI=1S/C21H27N5/c1-16-11-17(2)26-21(23-16)19(12-22-26)15-24(3)13-18-9-10-25(14-18)20-7-5-4-6-8-20/h4-8,11-12,18H,9-10,13-15H2,1-3H3/t18-/m0/s1. The zero-order valence-electron chi connectivity index (χ0n) is 15.9. The molecule has 1 saturated heterocycles. The van der Waals surface area contributed by atoms with Crippen LogP contribution in [0, 0.1) is 19.8 Å². The van der Waals surface area contributed by atoms with Crippen LogP contribution in [0.5, 0.6) is 0 Å². The van der Waals surface area contributed by atoms with Crippen molar-refractivity contribution in [3.05, 3.63) is 59.5 Å². The normalized spacial score (nSPS) is 17.5. The molecule has 3 heterocycles. The summed E-state index contributed by atoms with van der Waals surface area (Å²) in [6.45, 7) is 8.41. The molecule has 5 nitrogen and oxygen atoms in total. The number of anilines is 1. The van der Waals surface area contributed by atoms with Gasteiger partial charge in [0.25, 0.3) is 0 Å².